The number of benzene rings is 1. The van der Waals surface area contributed by atoms with Crippen molar-refractivity contribution >= 4 is 23.4 Å². The molecule has 94 valence electrons. The van der Waals surface area contributed by atoms with Crippen molar-refractivity contribution < 1.29 is 4.79 Å². The van der Waals surface area contributed by atoms with E-state index in [1.54, 1.807) is 22.8 Å². The summed E-state index contributed by atoms with van der Waals surface area (Å²) in [6.45, 7) is 0.536. The Morgan fingerprint density at radius 3 is 2.78 bits per heavy atom. The number of nitrogens with zero attached hydrogens (tertiary/aromatic N) is 3. The molecular weight excluding hydrogens is 248 g/mol. The smallest absolute Gasteiger partial charge is 0.226 e. The first kappa shape index (κ1) is 12.6. The van der Waals surface area contributed by atoms with Crippen molar-refractivity contribution in [3.05, 3.63) is 36.9 Å². The topological polar surface area (TPSA) is 59.8 Å². The number of thioether (sulfide) groups is 1. The van der Waals surface area contributed by atoms with E-state index in [9.17, 15) is 4.79 Å². The molecule has 0 saturated carbocycles. The number of aryl methyl sites for hydroxylation is 1. The Bertz CT molecular complexity index is 495. The van der Waals surface area contributed by atoms with Crippen molar-refractivity contribution in [2.24, 2.45) is 0 Å². The molecule has 1 aromatic heterocycles. The molecule has 18 heavy (non-hydrogen) atoms. The maximum atomic E-state index is 11.7. The number of anilines is 1. The van der Waals surface area contributed by atoms with Gasteiger partial charge in [-0.15, -0.1) is 11.8 Å². The predicted octanol–water partition coefficient (Wildman–Crippen LogP) is 2.03. The van der Waals surface area contributed by atoms with Gasteiger partial charge >= 0.3 is 0 Å². The largest absolute Gasteiger partial charge is 0.326 e. The van der Waals surface area contributed by atoms with Crippen molar-refractivity contribution in [3.8, 4) is 0 Å². The van der Waals surface area contributed by atoms with Crippen LogP contribution in [0.2, 0.25) is 0 Å². The number of nitrogens with one attached hydrogen (secondary N) is 1. The van der Waals surface area contributed by atoms with Gasteiger partial charge < -0.3 is 5.32 Å². The second-order valence-corrected chi connectivity index (χ2v) is 4.56. The fraction of sp³-hybridized carbons (Fsp3) is 0.250. The molecule has 6 heteroatoms. The fourth-order valence-corrected chi connectivity index (χ4v) is 1.87. The first-order valence-electron chi connectivity index (χ1n) is 5.54. The third-order valence-corrected chi connectivity index (χ3v) is 3.15. The third kappa shape index (κ3) is 3.59. The zero-order valence-electron chi connectivity index (χ0n) is 10.0. The minimum Gasteiger partial charge on any atom is -0.326 e. The molecule has 5 nitrogen and oxygen atoms in total. The quantitative estimate of drug-likeness (QED) is 0.838. The van der Waals surface area contributed by atoms with Gasteiger partial charge in [0.2, 0.25) is 5.91 Å². The number of hydrogen-bond donors (Lipinski definition) is 1. The van der Waals surface area contributed by atoms with Crippen LogP contribution in [0.3, 0.4) is 0 Å². The molecule has 0 unspecified atom stereocenters. The molecule has 0 fully saturated rings. The Labute approximate surface area is 110 Å². The highest BCUT2D eigenvalue weighted by atomic mass is 32.2. The Kier molecular flexibility index (Phi) is 4.35. The van der Waals surface area contributed by atoms with Crippen LogP contribution in [0.4, 0.5) is 5.69 Å². The number of amides is 1. The molecule has 2 aromatic rings. The van der Waals surface area contributed by atoms with Crippen LogP contribution in [0, 0.1) is 0 Å². The molecule has 1 amide bonds. The summed E-state index contributed by atoms with van der Waals surface area (Å²) in [6.07, 6.45) is 5.46. The van der Waals surface area contributed by atoms with Crippen molar-refractivity contribution in [3.63, 3.8) is 0 Å². The molecule has 1 N–H and O–H groups in total. The highest BCUT2D eigenvalue weighted by Gasteiger charge is 2.03. The lowest BCUT2D eigenvalue weighted by molar-refractivity contribution is -0.116. The lowest BCUT2D eigenvalue weighted by Crippen LogP contribution is -2.14. The average molecular weight is 262 g/mol. The summed E-state index contributed by atoms with van der Waals surface area (Å²) in [5, 5.41) is 6.79. The van der Waals surface area contributed by atoms with E-state index in [0.717, 1.165) is 5.69 Å². The van der Waals surface area contributed by atoms with Gasteiger partial charge in [0.1, 0.15) is 12.7 Å². The first-order chi connectivity index (χ1) is 8.78. The van der Waals surface area contributed by atoms with Crippen LogP contribution >= 0.6 is 11.8 Å². The SMILES string of the molecule is CSc1ccc(NC(=O)CCn2cncn2)cc1. The number of carbonyl (C=O) groups is 1. The van der Waals surface area contributed by atoms with Crippen LogP contribution in [-0.4, -0.2) is 26.9 Å². The van der Waals surface area contributed by atoms with Crippen molar-refractivity contribution in [1.82, 2.24) is 14.8 Å². The normalized spacial score (nSPS) is 10.3. The number of rotatable bonds is 5. The van der Waals surface area contributed by atoms with Gasteiger partial charge in [-0.2, -0.15) is 5.10 Å². The molecule has 1 aromatic carbocycles. The summed E-state index contributed by atoms with van der Waals surface area (Å²) in [5.41, 5.74) is 0.816. The standard InChI is InChI=1S/C12H14N4OS/c1-18-11-4-2-10(3-5-11)15-12(17)6-7-16-9-13-8-14-16/h2-5,8-9H,6-7H2,1H3,(H,15,17). The molecule has 2 rings (SSSR count). The van der Waals surface area contributed by atoms with Crippen LogP contribution in [0.5, 0.6) is 0 Å². The molecule has 1 heterocycles. The highest BCUT2D eigenvalue weighted by molar-refractivity contribution is 7.98. The maximum absolute atomic E-state index is 11.7. The number of carbonyl (C=O) groups excluding carboxylic acids is 1. The van der Waals surface area contributed by atoms with Crippen LogP contribution in [0.25, 0.3) is 0 Å². The summed E-state index contributed by atoms with van der Waals surface area (Å²) in [4.78, 5) is 16.7. The third-order valence-electron chi connectivity index (χ3n) is 2.41. The summed E-state index contributed by atoms with van der Waals surface area (Å²) < 4.78 is 1.64. The van der Waals surface area contributed by atoms with Crippen LogP contribution in [-0.2, 0) is 11.3 Å². The highest BCUT2D eigenvalue weighted by Crippen LogP contribution is 2.17. The predicted molar refractivity (Wildman–Crippen MR) is 71.5 cm³/mol. The van der Waals surface area contributed by atoms with Gasteiger partial charge in [0.25, 0.3) is 0 Å². The summed E-state index contributed by atoms with van der Waals surface area (Å²) in [6, 6.07) is 7.77. The summed E-state index contributed by atoms with van der Waals surface area (Å²) in [5.74, 6) is -0.0256. The van der Waals surface area contributed by atoms with Gasteiger partial charge in [0, 0.05) is 17.0 Å². The monoisotopic (exact) mass is 262 g/mol. The molecule has 0 saturated heterocycles. The number of hydrogen-bond acceptors (Lipinski definition) is 4. The van der Waals surface area contributed by atoms with E-state index >= 15 is 0 Å². The summed E-state index contributed by atoms with van der Waals surface area (Å²) in [7, 11) is 0. The Morgan fingerprint density at radius 2 is 2.17 bits per heavy atom. The molecule has 0 aliphatic carbocycles. The minimum atomic E-state index is -0.0256. The Balaban J connectivity index is 1.83. The van der Waals surface area contributed by atoms with Crippen molar-refractivity contribution in [2.45, 2.75) is 17.9 Å². The zero-order chi connectivity index (χ0) is 12.8. The Hall–Kier alpha value is -1.82. The molecular formula is C12H14N4OS. The maximum Gasteiger partial charge on any atom is 0.226 e. The van der Waals surface area contributed by atoms with Gasteiger partial charge in [-0.1, -0.05) is 0 Å². The van der Waals surface area contributed by atoms with Crippen LogP contribution < -0.4 is 5.32 Å². The lowest BCUT2D eigenvalue weighted by Gasteiger charge is -2.05. The average Bonchev–Trinajstić information content (AvgIpc) is 2.90. The lowest BCUT2D eigenvalue weighted by atomic mass is 10.3. The first-order valence-corrected chi connectivity index (χ1v) is 6.77. The van der Waals surface area contributed by atoms with Crippen LogP contribution in [0.1, 0.15) is 6.42 Å². The van der Waals surface area contributed by atoms with E-state index in [4.69, 9.17) is 0 Å². The molecule has 0 spiro atoms. The van der Waals surface area contributed by atoms with E-state index in [0.29, 0.717) is 13.0 Å². The minimum absolute atomic E-state index is 0.0256. The summed E-state index contributed by atoms with van der Waals surface area (Å²) >= 11 is 1.67. The molecule has 0 atom stereocenters. The van der Waals surface area contributed by atoms with Gasteiger partial charge in [0.15, 0.2) is 0 Å². The van der Waals surface area contributed by atoms with E-state index in [2.05, 4.69) is 15.4 Å². The molecule has 0 aliphatic heterocycles. The van der Waals surface area contributed by atoms with Gasteiger partial charge in [-0.3, -0.25) is 9.48 Å². The molecule has 0 radical (unpaired) electrons. The van der Waals surface area contributed by atoms with Gasteiger partial charge in [-0.05, 0) is 30.5 Å². The van der Waals surface area contributed by atoms with Crippen molar-refractivity contribution in [2.75, 3.05) is 11.6 Å². The van der Waals surface area contributed by atoms with E-state index < -0.39 is 0 Å². The van der Waals surface area contributed by atoms with E-state index in [1.807, 2.05) is 30.5 Å². The molecule has 0 aliphatic rings. The van der Waals surface area contributed by atoms with Gasteiger partial charge in [-0.25, -0.2) is 4.98 Å². The van der Waals surface area contributed by atoms with Crippen molar-refractivity contribution in [1.29, 1.82) is 0 Å². The van der Waals surface area contributed by atoms with Gasteiger partial charge in [0.05, 0.1) is 6.54 Å². The van der Waals surface area contributed by atoms with E-state index in [-0.39, 0.29) is 5.91 Å². The molecule has 0 bridgehead atoms. The van der Waals surface area contributed by atoms with E-state index in [1.165, 1.54) is 11.2 Å². The number of aromatic nitrogens is 3. The fourth-order valence-electron chi connectivity index (χ4n) is 1.46. The Morgan fingerprint density at radius 1 is 1.39 bits per heavy atom. The zero-order valence-corrected chi connectivity index (χ0v) is 10.9. The second kappa shape index (κ2) is 6.20. The second-order valence-electron chi connectivity index (χ2n) is 3.69. The van der Waals surface area contributed by atoms with Crippen LogP contribution in [0.15, 0.2) is 41.8 Å².